The van der Waals surface area contributed by atoms with Crippen LogP contribution in [0.3, 0.4) is 0 Å². The maximum Gasteiger partial charge on any atom is 0.271 e. The van der Waals surface area contributed by atoms with Crippen molar-refractivity contribution in [2.24, 2.45) is 5.10 Å². The van der Waals surface area contributed by atoms with Crippen LogP contribution in [0.25, 0.3) is 0 Å². The van der Waals surface area contributed by atoms with Crippen molar-refractivity contribution in [3.05, 3.63) is 29.8 Å². The lowest BCUT2D eigenvalue weighted by molar-refractivity contribution is 0.0954. The number of amides is 1. The highest BCUT2D eigenvalue weighted by Gasteiger charge is 2.09. The summed E-state index contributed by atoms with van der Waals surface area (Å²) in [5, 5.41) is 4.14. The molecular weight excluding hydrogens is 228 g/mol. The number of rotatable bonds is 4. The molecule has 4 heteroatoms. The van der Waals surface area contributed by atoms with Crippen molar-refractivity contribution < 1.29 is 9.53 Å². The third-order valence-corrected chi connectivity index (χ3v) is 2.92. The van der Waals surface area contributed by atoms with Crippen molar-refractivity contribution in [3.63, 3.8) is 0 Å². The van der Waals surface area contributed by atoms with Crippen molar-refractivity contribution >= 4 is 11.6 Å². The molecule has 4 nitrogen and oxygen atoms in total. The van der Waals surface area contributed by atoms with E-state index in [9.17, 15) is 4.79 Å². The molecule has 1 aliphatic carbocycles. The quantitative estimate of drug-likeness (QED) is 0.830. The number of benzene rings is 1. The minimum atomic E-state index is -0.169. The number of hydrazone groups is 1. The molecule has 2 rings (SSSR count). The zero-order valence-corrected chi connectivity index (χ0v) is 10.6. The number of nitrogens with one attached hydrogen (secondary N) is 1. The Kier molecular flexibility index (Phi) is 4.34. The minimum Gasteiger partial charge on any atom is -0.494 e. The van der Waals surface area contributed by atoms with Crippen LogP contribution in [0.5, 0.6) is 5.75 Å². The Morgan fingerprint density at radius 2 is 1.94 bits per heavy atom. The van der Waals surface area contributed by atoms with Crippen LogP contribution in [0.1, 0.15) is 43.0 Å². The summed E-state index contributed by atoms with van der Waals surface area (Å²) in [5.41, 5.74) is 4.29. The molecule has 0 aliphatic heterocycles. The average Bonchev–Trinajstić information content (AvgIpc) is 2.90. The molecule has 0 spiro atoms. The molecule has 1 N–H and O–H groups in total. The summed E-state index contributed by atoms with van der Waals surface area (Å²) in [5.74, 6) is 0.605. The van der Waals surface area contributed by atoms with Gasteiger partial charge >= 0.3 is 0 Å². The van der Waals surface area contributed by atoms with Crippen LogP contribution in [0, 0.1) is 0 Å². The SMILES string of the molecule is CCOc1ccc(C(=O)NN=C2CCCC2)cc1. The van der Waals surface area contributed by atoms with Crippen molar-refractivity contribution in [1.29, 1.82) is 0 Å². The van der Waals surface area contributed by atoms with Crippen molar-refractivity contribution in [2.75, 3.05) is 6.61 Å². The zero-order valence-electron chi connectivity index (χ0n) is 10.6. The maximum absolute atomic E-state index is 11.8. The molecule has 1 aromatic rings. The molecule has 0 aromatic heterocycles. The predicted molar refractivity (Wildman–Crippen MR) is 71.0 cm³/mol. The smallest absolute Gasteiger partial charge is 0.271 e. The highest BCUT2D eigenvalue weighted by molar-refractivity contribution is 5.95. The van der Waals surface area contributed by atoms with Gasteiger partial charge in [0, 0.05) is 11.3 Å². The summed E-state index contributed by atoms with van der Waals surface area (Å²) >= 11 is 0. The lowest BCUT2D eigenvalue weighted by Crippen LogP contribution is -2.18. The lowest BCUT2D eigenvalue weighted by Gasteiger charge is -2.04. The molecular formula is C14H18N2O2. The first kappa shape index (κ1) is 12.6. The van der Waals surface area contributed by atoms with E-state index in [-0.39, 0.29) is 5.91 Å². The van der Waals surface area contributed by atoms with Gasteiger partial charge in [0.15, 0.2) is 0 Å². The van der Waals surface area contributed by atoms with Crippen LogP contribution in [0.2, 0.25) is 0 Å². The Morgan fingerprint density at radius 3 is 2.56 bits per heavy atom. The largest absolute Gasteiger partial charge is 0.494 e. The standard InChI is InChI=1S/C14H18N2O2/c1-2-18-13-9-7-11(8-10-13)14(17)16-15-12-5-3-4-6-12/h7-10H,2-6H2,1H3,(H,16,17). The van der Waals surface area contributed by atoms with Gasteiger partial charge in [0.1, 0.15) is 5.75 Å². The van der Waals surface area contributed by atoms with Crippen molar-refractivity contribution in [1.82, 2.24) is 5.43 Å². The van der Waals surface area contributed by atoms with Crippen LogP contribution in [0.15, 0.2) is 29.4 Å². The molecule has 96 valence electrons. The van der Waals surface area contributed by atoms with Gasteiger partial charge in [-0.15, -0.1) is 0 Å². The summed E-state index contributed by atoms with van der Waals surface area (Å²) in [7, 11) is 0. The van der Waals surface area contributed by atoms with Gasteiger partial charge < -0.3 is 4.74 Å². The molecule has 0 bridgehead atoms. The summed E-state index contributed by atoms with van der Waals surface area (Å²) in [6.07, 6.45) is 4.36. The normalized spacial score (nSPS) is 14.4. The van der Waals surface area contributed by atoms with E-state index in [2.05, 4.69) is 10.5 Å². The third kappa shape index (κ3) is 3.32. The number of hydrogen-bond donors (Lipinski definition) is 1. The molecule has 0 saturated heterocycles. The molecule has 18 heavy (non-hydrogen) atoms. The van der Waals surface area contributed by atoms with Gasteiger partial charge in [-0.1, -0.05) is 0 Å². The summed E-state index contributed by atoms with van der Waals surface area (Å²) in [6, 6.07) is 7.08. The second kappa shape index (κ2) is 6.19. The second-order valence-corrected chi connectivity index (χ2v) is 4.28. The van der Waals surface area contributed by atoms with Gasteiger partial charge in [0.05, 0.1) is 6.61 Å². The number of carbonyl (C=O) groups excluding carboxylic acids is 1. The molecule has 1 aliphatic rings. The van der Waals surface area contributed by atoms with Gasteiger partial charge in [-0.3, -0.25) is 4.79 Å². The molecule has 1 saturated carbocycles. The first-order valence-corrected chi connectivity index (χ1v) is 6.38. The highest BCUT2D eigenvalue weighted by Crippen LogP contribution is 2.14. The van der Waals surface area contributed by atoms with Crippen LogP contribution in [0.4, 0.5) is 0 Å². The number of carbonyl (C=O) groups is 1. The summed E-state index contributed by atoms with van der Waals surface area (Å²) in [6.45, 7) is 2.55. The van der Waals surface area contributed by atoms with E-state index in [1.165, 1.54) is 12.8 Å². The Balaban J connectivity index is 1.93. The number of ether oxygens (including phenoxy) is 1. The van der Waals surface area contributed by atoms with E-state index in [1.807, 2.05) is 6.92 Å². The molecule has 0 atom stereocenters. The van der Waals surface area contributed by atoms with Crippen LogP contribution in [-0.2, 0) is 0 Å². The molecule has 0 unspecified atom stereocenters. The fraction of sp³-hybridized carbons (Fsp3) is 0.429. The number of hydrogen-bond acceptors (Lipinski definition) is 3. The van der Waals surface area contributed by atoms with Gasteiger partial charge in [-0.05, 0) is 56.9 Å². The monoisotopic (exact) mass is 246 g/mol. The van der Waals surface area contributed by atoms with E-state index in [0.29, 0.717) is 12.2 Å². The maximum atomic E-state index is 11.8. The summed E-state index contributed by atoms with van der Waals surface area (Å²) < 4.78 is 5.32. The van der Waals surface area contributed by atoms with Gasteiger partial charge in [0.2, 0.25) is 0 Å². The molecule has 1 amide bonds. The average molecular weight is 246 g/mol. The third-order valence-electron chi connectivity index (χ3n) is 2.92. The zero-order chi connectivity index (χ0) is 12.8. The Bertz CT molecular complexity index is 430. The van der Waals surface area contributed by atoms with E-state index in [4.69, 9.17) is 4.74 Å². The highest BCUT2D eigenvalue weighted by atomic mass is 16.5. The van der Waals surface area contributed by atoms with Crippen molar-refractivity contribution in [3.8, 4) is 5.75 Å². The number of nitrogens with zero attached hydrogens (tertiary/aromatic N) is 1. The van der Waals surface area contributed by atoms with Crippen LogP contribution in [-0.4, -0.2) is 18.2 Å². The minimum absolute atomic E-state index is 0.169. The molecule has 1 fully saturated rings. The fourth-order valence-electron chi connectivity index (χ4n) is 1.96. The predicted octanol–water partition coefficient (Wildman–Crippen LogP) is 2.75. The Hall–Kier alpha value is -1.84. The van der Waals surface area contributed by atoms with Crippen LogP contribution >= 0.6 is 0 Å². The Labute approximate surface area is 107 Å². The van der Waals surface area contributed by atoms with Gasteiger partial charge in [-0.25, -0.2) is 5.43 Å². The Morgan fingerprint density at radius 1 is 1.28 bits per heavy atom. The molecule has 1 aromatic carbocycles. The van der Waals surface area contributed by atoms with E-state index < -0.39 is 0 Å². The van der Waals surface area contributed by atoms with E-state index in [0.717, 1.165) is 24.3 Å². The summed E-state index contributed by atoms with van der Waals surface area (Å²) in [4.78, 5) is 11.8. The van der Waals surface area contributed by atoms with E-state index >= 15 is 0 Å². The van der Waals surface area contributed by atoms with Gasteiger partial charge in [-0.2, -0.15) is 5.10 Å². The van der Waals surface area contributed by atoms with E-state index in [1.54, 1.807) is 24.3 Å². The lowest BCUT2D eigenvalue weighted by atomic mass is 10.2. The topological polar surface area (TPSA) is 50.7 Å². The van der Waals surface area contributed by atoms with Crippen LogP contribution < -0.4 is 10.2 Å². The molecule has 0 radical (unpaired) electrons. The van der Waals surface area contributed by atoms with Gasteiger partial charge in [0.25, 0.3) is 5.91 Å². The fourth-order valence-corrected chi connectivity index (χ4v) is 1.96. The second-order valence-electron chi connectivity index (χ2n) is 4.28. The first-order chi connectivity index (χ1) is 8.79. The molecule has 0 heterocycles. The van der Waals surface area contributed by atoms with Crippen molar-refractivity contribution in [2.45, 2.75) is 32.6 Å². The first-order valence-electron chi connectivity index (χ1n) is 6.38.